The maximum atomic E-state index is 13.4. The quantitative estimate of drug-likeness (QED) is 0.126. The molecule has 5 rings (SSSR count). The van der Waals surface area contributed by atoms with Crippen LogP contribution in [0.1, 0.15) is 79.9 Å². The first-order valence-electron chi connectivity index (χ1n) is 15.7. The van der Waals surface area contributed by atoms with E-state index in [4.69, 9.17) is 4.98 Å². The topological polar surface area (TPSA) is 93.1 Å². The summed E-state index contributed by atoms with van der Waals surface area (Å²) < 4.78 is 16.9. The Morgan fingerprint density at radius 1 is 1.04 bits per heavy atom. The lowest BCUT2D eigenvalue weighted by Crippen LogP contribution is -2.28. The molecule has 1 unspecified atom stereocenters. The van der Waals surface area contributed by atoms with E-state index in [2.05, 4.69) is 65.0 Å². The van der Waals surface area contributed by atoms with Crippen molar-refractivity contribution >= 4 is 50.2 Å². The molecule has 45 heavy (non-hydrogen) atoms. The van der Waals surface area contributed by atoms with Crippen LogP contribution in [0.25, 0.3) is 38.6 Å². The molecule has 2 aromatic heterocycles. The van der Waals surface area contributed by atoms with Gasteiger partial charge in [-0.15, -0.1) is 13.2 Å². The number of benzene rings is 2. The summed E-state index contributed by atoms with van der Waals surface area (Å²) in [5.74, 6) is -0.0431. The fraction of sp³-hybridized carbons (Fsp3) is 0.324. The highest BCUT2D eigenvalue weighted by atomic mass is 32.2. The number of nitrogens with one attached hydrogen (secondary N) is 2. The number of amides is 2. The summed E-state index contributed by atoms with van der Waals surface area (Å²) >= 11 is 0. The monoisotopic (exact) mass is 622 g/mol. The second kappa shape index (κ2) is 14.7. The number of carbonyl (C=O) groups is 2. The van der Waals surface area contributed by atoms with Crippen molar-refractivity contribution in [1.29, 1.82) is 0 Å². The van der Waals surface area contributed by atoms with E-state index in [9.17, 15) is 13.8 Å². The molecule has 0 radical (unpaired) electrons. The predicted octanol–water partition coefficient (Wildman–Crippen LogP) is 7.60. The molecule has 1 atom stereocenters. The van der Waals surface area contributed by atoms with Crippen LogP contribution in [-0.2, 0) is 22.3 Å². The lowest BCUT2D eigenvalue weighted by atomic mass is 9.81. The number of pyridine rings is 1. The van der Waals surface area contributed by atoms with Gasteiger partial charge in [0.1, 0.15) is 17.5 Å². The average Bonchev–Trinajstić information content (AvgIpc) is 3.37. The van der Waals surface area contributed by atoms with Crippen LogP contribution < -0.4 is 10.0 Å². The Kier molecular flexibility index (Phi) is 10.5. The highest BCUT2D eigenvalue weighted by molar-refractivity contribution is 7.83. The highest BCUT2D eigenvalue weighted by Gasteiger charge is 2.28. The summed E-state index contributed by atoms with van der Waals surface area (Å²) in [6.45, 7) is 12.0. The molecule has 1 aliphatic rings. The number of hydrogen-bond donors (Lipinski definition) is 2. The Morgan fingerprint density at radius 3 is 2.58 bits per heavy atom. The molecule has 1 saturated carbocycles. The molecule has 7 nitrogen and oxygen atoms in total. The van der Waals surface area contributed by atoms with Gasteiger partial charge in [-0.2, -0.15) is 0 Å². The van der Waals surface area contributed by atoms with Crippen molar-refractivity contribution in [1.82, 2.24) is 19.6 Å². The fourth-order valence-corrected chi connectivity index (χ4v) is 6.88. The van der Waals surface area contributed by atoms with Gasteiger partial charge in [0.2, 0.25) is 5.91 Å². The number of nitrogens with zero attached hydrogens (tertiary/aromatic N) is 2. The third-order valence-electron chi connectivity index (χ3n) is 8.63. The molecule has 0 aliphatic heterocycles. The van der Waals surface area contributed by atoms with E-state index in [0.717, 1.165) is 70.0 Å². The van der Waals surface area contributed by atoms with E-state index in [-0.39, 0.29) is 18.2 Å². The van der Waals surface area contributed by atoms with E-state index in [0.29, 0.717) is 24.4 Å². The first kappa shape index (κ1) is 32.1. The van der Waals surface area contributed by atoms with Crippen molar-refractivity contribution in [3.8, 4) is 11.3 Å². The lowest BCUT2D eigenvalue weighted by molar-refractivity contribution is -0.121. The normalized spacial score (nSPS) is 14.8. The minimum Gasteiger partial charge on any atom is -0.354 e. The van der Waals surface area contributed by atoms with Crippen LogP contribution >= 0.6 is 0 Å². The lowest BCUT2D eigenvalue weighted by Gasteiger charge is -2.24. The minimum absolute atomic E-state index is 0.0961. The second-order valence-corrected chi connectivity index (χ2v) is 12.9. The molecule has 0 bridgehead atoms. The van der Waals surface area contributed by atoms with Gasteiger partial charge in [0.25, 0.3) is 5.91 Å². The number of aromatic nitrogens is 2. The maximum absolute atomic E-state index is 13.4. The van der Waals surface area contributed by atoms with Crippen LogP contribution in [0.4, 0.5) is 0 Å². The van der Waals surface area contributed by atoms with Crippen LogP contribution in [0.5, 0.6) is 0 Å². The van der Waals surface area contributed by atoms with Gasteiger partial charge < -0.3 is 9.88 Å². The van der Waals surface area contributed by atoms with Gasteiger partial charge in [-0.3, -0.25) is 14.3 Å². The van der Waals surface area contributed by atoms with Crippen molar-refractivity contribution in [2.24, 2.45) is 0 Å². The molecule has 1 fully saturated rings. The van der Waals surface area contributed by atoms with Crippen LogP contribution in [0, 0.1) is 0 Å². The minimum atomic E-state index is -1.56. The summed E-state index contributed by atoms with van der Waals surface area (Å²) in [7, 11) is -1.56. The zero-order valence-corrected chi connectivity index (χ0v) is 27.1. The number of rotatable bonds is 12. The highest BCUT2D eigenvalue weighted by Crippen LogP contribution is 2.44. The molecule has 1 aliphatic carbocycles. The first-order chi connectivity index (χ1) is 21.8. The van der Waals surface area contributed by atoms with Gasteiger partial charge in [0, 0.05) is 22.9 Å². The van der Waals surface area contributed by atoms with Gasteiger partial charge in [-0.05, 0) is 86.1 Å². The van der Waals surface area contributed by atoms with Crippen molar-refractivity contribution in [2.75, 3.05) is 12.3 Å². The molecule has 2 amide bonds. The molecule has 0 saturated heterocycles. The van der Waals surface area contributed by atoms with Gasteiger partial charge in [0.05, 0.1) is 28.2 Å². The maximum Gasteiger partial charge on any atom is 0.263 e. The van der Waals surface area contributed by atoms with Crippen molar-refractivity contribution in [2.45, 2.75) is 64.8 Å². The Bertz CT molecular complexity index is 1810. The van der Waals surface area contributed by atoms with Crippen LogP contribution in [0.15, 0.2) is 79.9 Å². The molecule has 2 N–H and O–H groups in total. The summed E-state index contributed by atoms with van der Waals surface area (Å²) in [4.78, 5) is 31.4. The Morgan fingerprint density at radius 2 is 1.84 bits per heavy atom. The van der Waals surface area contributed by atoms with E-state index in [1.807, 2.05) is 25.1 Å². The predicted molar refractivity (Wildman–Crippen MR) is 186 cm³/mol. The molecule has 234 valence electrons. The number of allylic oxidation sites excluding steroid dienone is 2. The largest absolute Gasteiger partial charge is 0.354 e. The van der Waals surface area contributed by atoms with Crippen LogP contribution in [-0.4, -0.2) is 37.9 Å². The number of hydrogen-bond acceptors (Lipinski definition) is 4. The molecule has 4 aromatic rings. The first-order valence-corrected chi connectivity index (χ1v) is 17.0. The molecule has 2 heterocycles. The second-order valence-electron chi connectivity index (χ2n) is 11.7. The summed E-state index contributed by atoms with van der Waals surface area (Å²) in [6, 6.07) is 16.1. The van der Waals surface area contributed by atoms with E-state index >= 15 is 0 Å². The van der Waals surface area contributed by atoms with Gasteiger partial charge in [-0.25, -0.2) is 9.19 Å². The molecular weight excluding hydrogens is 580 g/mol. The molecule has 2 aromatic carbocycles. The Hall–Kier alpha value is -4.30. The Balaban J connectivity index is 1.71. The van der Waals surface area contributed by atoms with Crippen LogP contribution in [0.3, 0.4) is 0 Å². The third kappa shape index (κ3) is 7.17. The zero-order valence-electron chi connectivity index (χ0n) is 26.2. The third-order valence-corrected chi connectivity index (χ3v) is 9.58. The van der Waals surface area contributed by atoms with Gasteiger partial charge >= 0.3 is 0 Å². The number of carbonyl (C=O) groups excluding carboxylic acids is 2. The summed E-state index contributed by atoms with van der Waals surface area (Å²) in [5, 5.41) is 5.08. The van der Waals surface area contributed by atoms with E-state index in [1.165, 1.54) is 18.1 Å². The van der Waals surface area contributed by atoms with Crippen molar-refractivity contribution in [3.05, 3.63) is 96.7 Å². The Labute approximate surface area is 268 Å². The average molecular weight is 623 g/mol. The molecule has 0 spiro atoms. The SMILES string of the molecule is C=CCCNC(=O)Cn1c(-c2ccc3nc(/C(C)=C\C)ccc3c2)c(C2CCCCC2)c2ccc(C(=O)NS(=O)CC=C)cc21. The van der Waals surface area contributed by atoms with Crippen LogP contribution in [0.2, 0.25) is 0 Å². The van der Waals surface area contributed by atoms with Crippen molar-refractivity contribution in [3.63, 3.8) is 0 Å². The molecule has 8 heteroatoms. The number of fused-ring (bicyclic) bond motifs is 2. The van der Waals surface area contributed by atoms with Gasteiger partial charge in [-0.1, -0.05) is 55.7 Å². The summed E-state index contributed by atoms with van der Waals surface area (Å²) in [5.41, 5.74) is 7.41. The van der Waals surface area contributed by atoms with E-state index in [1.54, 1.807) is 12.1 Å². The summed E-state index contributed by atoms with van der Waals surface area (Å²) in [6.07, 6.45) is 11.7. The van der Waals surface area contributed by atoms with E-state index < -0.39 is 16.9 Å². The smallest absolute Gasteiger partial charge is 0.263 e. The molecular formula is C37H42N4O3S. The fourth-order valence-electron chi connectivity index (χ4n) is 6.26. The van der Waals surface area contributed by atoms with Gasteiger partial charge in [0.15, 0.2) is 0 Å². The zero-order chi connectivity index (χ0) is 31.9. The standard InChI is InChI=1S/C37H42N4O3S/c1-5-8-20-38-34(42)24-41-33-23-29(37(43)40-45(44)21-6-2)14-17-30(33)35(26-12-10-9-11-13-26)36(41)28-16-19-32-27(22-28)15-18-31(39-32)25(4)7-3/h5-7,14-19,22-23,26H,1-2,8-13,20-21,24H2,3-4H3,(H,38,42)(H,40,43)/b25-7-. The van der Waals surface area contributed by atoms with Crippen molar-refractivity contribution < 1.29 is 13.8 Å².